The van der Waals surface area contributed by atoms with E-state index in [4.69, 9.17) is 9.26 Å². The Labute approximate surface area is 126 Å². The number of nitrogens with zero attached hydrogens (tertiary/aromatic N) is 2. The van der Waals surface area contributed by atoms with Gasteiger partial charge in [-0.2, -0.15) is 4.98 Å². The van der Waals surface area contributed by atoms with Crippen LogP contribution in [0.15, 0.2) is 4.52 Å². The largest absolute Gasteiger partial charge is 0.367 e. The highest BCUT2D eigenvalue weighted by molar-refractivity contribution is 5.04. The van der Waals surface area contributed by atoms with Crippen LogP contribution < -0.4 is 5.32 Å². The molecule has 118 valence electrons. The van der Waals surface area contributed by atoms with E-state index in [1.54, 1.807) is 0 Å². The van der Waals surface area contributed by atoms with Crippen molar-refractivity contribution in [2.75, 3.05) is 13.2 Å². The van der Waals surface area contributed by atoms with Crippen molar-refractivity contribution in [2.45, 2.75) is 76.4 Å². The molecular formula is C16H27N3O2. The quantitative estimate of drug-likeness (QED) is 0.924. The summed E-state index contributed by atoms with van der Waals surface area (Å²) in [6, 6.07) is 0.660. The van der Waals surface area contributed by atoms with Crippen LogP contribution in [-0.4, -0.2) is 29.3 Å². The van der Waals surface area contributed by atoms with Gasteiger partial charge in [-0.15, -0.1) is 0 Å². The fraction of sp³-hybridized carbons (Fsp3) is 0.875. The molecule has 2 heterocycles. The highest BCUT2D eigenvalue weighted by atomic mass is 16.5. The van der Waals surface area contributed by atoms with Crippen LogP contribution in [0.1, 0.15) is 76.4 Å². The van der Waals surface area contributed by atoms with Crippen molar-refractivity contribution in [2.24, 2.45) is 0 Å². The molecule has 1 atom stereocenters. The second-order valence-electron chi connectivity index (χ2n) is 6.60. The summed E-state index contributed by atoms with van der Waals surface area (Å²) in [5.41, 5.74) is -0.346. The van der Waals surface area contributed by atoms with E-state index in [2.05, 4.69) is 29.3 Å². The fourth-order valence-corrected chi connectivity index (χ4v) is 3.56. The van der Waals surface area contributed by atoms with E-state index in [-0.39, 0.29) is 5.60 Å². The first-order valence-corrected chi connectivity index (χ1v) is 8.42. The third-order valence-corrected chi connectivity index (χ3v) is 4.95. The summed E-state index contributed by atoms with van der Waals surface area (Å²) in [4.78, 5) is 4.68. The van der Waals surface area contributed by atoms with Crippen LogP contribution in [0.4, 0.5) is 0 Å². The van der Waals surface area contributed by atoms with Crippen molar-refractivity contribution < 1.29 is 9.26 Å². The minimum absolute atomic E-state index is 0.346. The predicted molar refractivity (Wildman–Crippen MR) is 80.1 cm³/mol. The normalized spacial score (nSPS) is 34.0. The Morgan fingerprint density at radius 1 is 1.24 bits per heavy atom. The van der Waals surface area contributed by atoms with Gasteiger partial charge in [-0.05, 0) is 58.4 Å². The highest BCUT2D eigenvalue weighted by Gasteiger charge is 2.36. The molecule has 5 heteroatoms. The zero-order chi connectivity index (χ0) is 14.7. The SMILES string of the molecule is CCNC1CCC(c2nc(C3(C)CCCCO3)no2)CC1. The zero-order valence-electron chi connectivity index (χ0n) is 13.2. The fourth-order valence-electron chi connectivity index (χ4n) is 3.56. The molecule has 2 fully saturated rings. The van der Waals surface area contributed by atoms with E-state index in [0.717, 1.165) is 50.6 Å². The minimum Gasteiger partial charge on any atom is -0.367 e. The molecule has 5 nitrogen and oxygen atoms in total. The molecule has 1 aromatic rings. The standard InChI is InChI=1S/C16H27N3O2/c1-3-17-13-8-6-12(7-9-13)14-18-15(19-21-14)16(2)10-4-5-11-20-16/h12-13,17H,3-11H2,1-2H3. The van der Waals surface area contributed by atoms with E-state index >= 15 is 0 Å². The third kappa shape index (κ3) is 3.29. The maximum Gasteiger partial charge on any atom is 0.229 e. The van der Waals surface area contributed by atoms with Crippen LogP contribution in [0, 0.1) is 0 Å². The molecule has 0 spiro atoms. The highest BCUT2D eigenvalue weighted by Crippen LogP contribution is 2.36. The Bertz CT molecular complexity index is 446. The number of ether oxygens (including phenoxy) is 1. The zero-order valence-corrected chi connectivity index (χ0v) is 13.2. The lowest BCUT2D eigenvalue weighted by atomic mass is 9.86. The Morgan fingerprint density at radius 2 is 2.05 bits per heavy atom. The third-order valence-electron chi connectivity index (χ3n) is 4.95. The van der Waals surface area contributed by atoms with Crippen molar-refractivity contribution in [3.8, 4) is 0 Å². The van der Waals surface area contributed by atoms with Gasteiger partial charge in [0.2, 0.25) is 11.7 Å². The van der Waals surface area contributed by atoms with Crippen LogP contribution >= 0.6 is 0 Å². The van der Waals surface area contributed by atoms with E-state index < -0.39 is 0 Å². The Balaban J connectivity index is 1.63. The predicted octanol–water partition coefficient (Wildman–Crippen LogP) is 3.12. The van der Waals surface area contributed by atoms with E-state index in [9.17, 15) is 0 Å². The van der Waals surface area contributed by atoms with Gasteiger partial charge >= 0.3 is 0 Å². The van der Waals surface area contributed by atoms with Gasteiger partial charge in [0.1, 0.15) is 5.60 Å². The minimum atomic E-state index is -0.346. The lowest BCUT2D eigenvalue weighted by Crippen LogP contribution is -2.32. The molecule has 1 aliphatic carbocycles. The summed E-state index contributed by atoms with van der Waals surface area (Å²) in [6.07, 6.45) is 7.96. The molecule has 3 rings (SSSR count). The van der Waals surface area contributed by atoms with Gasteiger partial charge in [0.05, 0.1) is 0 Å². The van der Waals surface area contributed by atoms with Crippen LogP contribution in [0.2, 0.25) is 0 Å². The van der Waals surface area contributed by atoms with E-state index in [0.29, 0.717) is 12.0 Å². The first kappa shape index (κ1) is 15.0. The molecule has 1 N–H and O–H groups in total. The van der Waals surface area contributed by atoms with Crippen molar-refractivity contribution >= 4 is 0 Å². The molecule has 1 aliphatic heterocycles. The average molecular weight is 293 g/mol. The van der Waals surface area contributed by atoms with Crippen molar-refractivity contribution in [3.63, 3.8) is 0 Å². The number of rotatable bonds is 4. The molecule has 0 aromatic carbocycles. The molecule has 21 heavy (non-hydrogen) atoms. The summed E-state index contributed by atoms with van der Waals surface area (Å²) in [7, 11) is 0. The average Bonchev–Trinajstić information content (AvgIpc) is 3.00. The number of hydrogen-bond acceptors (Lipinski definition) is 5. The molecule has 0 radical (unpaired) electrons. The van der Waals surface area contributed by atoms with Crippen LogP contribution in [-0.2, 0) is 10.3 Å². The Morgan fingerprint density at radius 3 is 2.71 bits per heavy atom. The van der Waals surface area contributed by atoms with Crippen molar-refractivity contribution in [1.82, 2.24) is 15.5 Å². The van der Waals surface area contributed by atoms with Gasteiger partial charge < -0.3 is 14.6 Å². The first-order chi connectivity index (χ1) is 10.2. The van der Waals surface area contributed by atoms with E-state index in [1.807, 2.05) is 0 Å². The molecule has 1 unspecified atom stereocenters. The number of hydrogen-bond donors (Lipinski definition) is 1. The summed E-state index contributed by atoms with van der Waals surface area (Å²) in [6.45, 7) is 6.11. The summed E-state index contributed by atoms with van der Waals surface area (Å²) in [5.74, 6) is 1.98. The van der Waals surface area contributed by atoms with Crippen LogP contribution in [0.5, 0.6) is 0 Å². The summed E-state index contributed by atoms with van der Waals surface area (Å²) < 4.78 is 11.5. The van der Waals surface area contributed by atoms with Gasteiger partial charge in [0.25, 0.3) is 0 Å². The van der Waals surface area contributed by atoms with Crippen molar-refractivity contribution in [1.29, 1.82) is 0 Å². The molecule has 1 saturated heterocycles. The number of aromatic nitrogens is 2. The van der Waals surface area contributed by atoms with Gasteiger partial charge in [-0.3, -0.25) is 0 Å². The van der Waals surface area contributed by atoms with Gasteiger partial charge in [-0.25, -0.2) is 0 Å². The van der Waals surface area contributed by atoms with Gasteiger partial charge in [0, 0.05) is 18.6 Å². The lowest BCUT2D eigenvalue weighted by molar-refractivity contribution is -0.0770. The molecule has 1 aromatic heterocycles. The Kier molecular flexibility index (Phi) is 4.60. The summed E-state index contributed by atoms with van der Waals surface area (Å²) in [5, 5.41) is 7.75. The second kappa shape index (κ2) is 6.44. The molecular weight excluding hydrogens is 266 g/mol. The number of nitrogens with one attached hydrogen (secondary N) is 1. The molecule has 0 bridgehead atoms. The molecule has 0 amide bonds. The smallest absolute Gasteiger partial charge is 0.229 e. The molecule has 1 saturated carbocycles. The topological polar surface area (TPSA) is 60.2 Å². The van der Waals surface area contributed by atoms with Crippen LogP contribution in [0.25, 0.3) is 0 Å². The van der Waals surface area contributed by atoms with Crippen LogP contribution in [0.3, 0.4) is 0 Å². The van der Waals surface area contributed by atoms with E-state index in [1.165, 1.54) is 19.3 Å². The van der Waals surface area contributed by atoms with Crippen molar-refractivity contribution in [3.05, 3.63) is 11.7 Å². The first-order valence-electron chi connectivity index (χ1n) is 8.42. The van der Waals surface area contributed by atoms with Gasteiger partial charge in [0.15, 0.2) is 0 Å². The molecule has 2 aliphatic rings. The maximum absolute atomic E-state index is 5.91. The monoisotopic (exact) mass is 293 g/mol. The second-order valence-corrected chi connectivity index (χ2v) is 6.60. The Hall–Kier alpha value is -0.940. The maximum atomic E-state index is 5.91. The lowest BCUT2D eigenvalue weighted by Gasteiger charge is -2.30. The van der Waals surface area contributed by atoms with Gasteiger partial charge in [-0.1, -0.05) is 12.1 Å². The summed E-state index contributed by atoms with van der Waals surface area (Å²) >= 11 is 0.